The van der Waals surface area contributed by atoms with Crippen molar-refractivity contribution in [1.82, 2.24) is 9.88 Å². The maximum absolute atomic E-state index is 12.0. The van der Waals surface area contributed by atoms with Crippen molar-refractivity contribution in [2.75, 3.05) is 6.54 Å². The molecular formula is C13H20N4O3. The van der Waals surface area contributed by atoms with Gasteiger partial charge in [-0.05, 0) is 25.5 Å². The number of carbonyl (C=O) groups excluding carboxylic acids is 1. The van der Waals surface area contributed by atoms with Gasteiger partial charge in [-0.2, -0.15) is 0 Å². The van der Waals surface area contributed by atoms with Gasteiger partial charge in [-0.3, -0.25) is 4.98 Å². The molecule has 1 heterocycles. The van der Waals surface area contributed by atoms with Gasteiger partial charge in [0, 0.05) is 25.4 Å². The van der Waals surface area contributed by atoms with Crippen LogP contribution in [0.5, 0.6) is 0 Å². The lowest BCUT2D eigenvalue weighted by molar-refractivity contribution is 0.0752. The topological polar surface area (TPSA) is 101 Å². The molecule has 0 bridgehead atoms. The molecule has 0 aromatic carbocycles. The van der Waals surface area contributed by atoms with Crippen molar-refractivity contribution in [2.45, 2.75) is 32.9 Å². The van der Waals surface area contributed by atoms with E-state index in [4.69, 9.17) is 15.7 Å². The zero-order valence-electron chi connectivity index (χ0n) is 11.7. The minimum atomic E-state index is -0.436. The number of carbonyl (C=O) groups is 1. The summed E-state index contributed by atoms with van der Waals surface area (Å²) in [5.74, 6) is 0.0681. The second-order valence-corrected chi connectivity index (χ2v) is 4.56. The van der Waals surface area contributed by atoms with E-state index >= 15 is 0 Å². The highest BCUT2D eigenvalue weighted by atomic mass is 16.6. The molecule has 1 rings (SSSR count). The number of oxime groups is 1. The van der Waals surface area contributed by atoms with Crippen LogP contribution >= 0.6 is 0 Å². The van der Waals surface area contributed by atoms with Crippen LogP contribution in [0.3, 0.4) is 0 Å². The Balaban J connectivity index is 2.70. The fourth-order valence-electron chi connectivity index (χ4n) is 1.52. The molecule has 0 aliphatic rings. The standard InChI is InChI=1S/C13H20N4O3/c1-10(2)20-13(18)17(7-5-12(14)16-19)9-11-4-3-6-15-8-11/h3-4,6,8,10,19H,5,7,9H2,1-2H3,(H2,14,16). The molecule has 3 N–H and O–H groups in total. The first kappa shape index (κ1) is 15.7. The van der Waals surface area contributed by atoms with E-state index < -0.39 is 6.09 Å². The van der Waals surface area contributed by atoms with E-state index in [9.17, 15) is 4.79 Å². The number of amides is 1. The summed E-state index contributed by atoms with van der Waals surface area (Å²) in [6.07, 6.45) is 2.97. The van der Waals surface area contributed by atoms with Gasteiger partial charge in [0.25, 0.3) is 0 Å². The Morgan fingerprint density at radius 3 is 2.90 bits per heavy atom. The third-order valence-corrected chi connectivity index (χ3v) is 2.46. The van der Waals surface area contributed by atoms with Crippen LogP contribution in [0.2, 0.25) is 0 Å². The average molecular weight is 280 g/mol. The summed E-state index contributed by atoms with van der Waals surface area (Å²) in [6, 6.07) is 3.66. The van der Waals surface area contributed by atoms with E-state index in [2.05, 4.69) is 10.1 Å². The number of hydrogen-bond donors (Lipinski definition) is 2. The van der Waals surface area contributed by atoms with Crippen LogP contribution < -0.4 is 5.73 Å². The SMILES string of the molecule is CC(C)OC(=O)N(CCC(N)=NO)Cc1cccnc1. The van der Waals surface area contributed by atoms with Gasteiger partial charge in [-0.15, -0.1) is 0 Å². The molecule has 110 valence electrons. The quantitative estimate of drug-likeness (QED) is 0.356. The Hall–Kier alpha value is -2.31. The smallest absolute Gasteiger partial charge is 0.410 e. The minimum absolute atomic E-state index is 0.0681. The number of ether oxygens (including phenoxy) is 1. The zero-order chi connectivity index (χ0) is 15.0. The Kier molecular flexibility index (Phi) is 6.28. The molecule has 20 heavy (non-hydrogen) atoms. The summed E-state index contributed by atoms with van der Waals surface area (Å²) in [5, 5.41) is 11.4. The van der Waals surface area contributed by atoms with Gasteiger partial charge in [0.2, 0.25) is 0 Å². The largest absolute Gasteiger partial charge is 0.447 e. The highest BCUT2D eigenvalue weighted by molar-refractivity contribution is 5.80. The molecule has 0 aliphatic carbocycles. The van der Waals surface area contributed by atoms with Crippen molar-refractivity contribution in [3.05, 3.63) is 30.1 Å². The molecule has 1 aromatic rings. The molecule has 0 saturated carbocycles. The molecule has 1 aromatic heterocycles. The lowest BCUT2D eigenvalue weighted by atomic mass is 10.2. The van der Waals surface area contributed by atoms with Crippen molar-refractivity contribution < 1.29 is 14.7 Å². The predicted octanol–water partition coefficient (Wildman–Crippen LogP) is 1.57. The van der Waals surface area contributed by atoms with Gasteiger partial charge < -0.3 is 20.6 Å². The summed E-state index contributed by atoms with van der Waals surface area (Å²) in [7, 11) is 0. The molecule has 0 spiro atoms. The molecule has 0 aliphatic heterocycles. The lowest BCUT2D eigenvalue weighted by Gasteiger charge is -2.23. The number of hydrogen-bond acceptors (Lipinski definition) is 5. The second-order valence-electron chi connectivity index (χ2n) is 4.56. The molecule has 7 nitrogen and oxygen atoms in total. The van der Waals surface area contributed by atoms with Crippen LogP contribution in [0.15, 0.2) is 29.7 Å². The molecule has 0 unspecified atom stereocenters. The first-order valence-electron chi connectivity index (χ1n) is 6.33. The fourth-order valence-corrected chi connectivity index (χ4v) is 1.52. The van der Waals surface area contributed by atoms with Crippen LogP contribution in [0.4, 0.5) is 4.79 Å². The number of amidine groups is 1. The Morgan fingerprint density at radius 1 is 1.60 bits per heavy atom. The van der Waals surface area contributed by atoms with Crippen LogP contribution in [0, 0.1) is 0 Å². The first-order chi connectivity index (χ1) is 9.52. The van der Waals surface area contributed by atoms with Crippen LogP contribution in [0.1, 0.15) is 25.8 Å². The summed E-state index contributed by atoms with van der Waals surface area (Å²) in [6.45, 7) is 4.22. The van der Waals surface area contributed by atoms with Crippen LogP contribution in [-0.4, -0.2) is 39.7 Å². The Bertz CT molecular complexity index is 448. The lowest BCUT2D eigenvalue weighted by Crippen LogP contribution is -2.35. The third-order valence-electron chi connectivity index (χ3n) is 2.46. The van der Waals surface area contributed by atoms with E-state index in [0.717, 1.165) is 5.56 Å². The van der Waals surface area contributed by atoms with Gasteiger partial charge in [-0.25, -0.2) is 4.79 Å². The van der Waals surface area contributed by atoms with E-state index in [1.165, 1.54) is 4.90 Å². The summed E-state index contributed by atoms with van der Waals surface area (Å²) < 4.78 is 5.17. The maximum Gasteiger partial charge on any atom is 0.410 e. The second kappa shape index (κ2) is 7.98. The first-order valence-corrected chi connectivity index (χ1v) is 6.33. The number of nitrogens with zero attached hydrogens (tertiary/aromatic N) is 3. The zero-order valence-corrected chi connectivity index (χ0v) is 11.7. The summed E-state index contributed by atoms with van der Waals surface area (Å²) >= 11 is 0. The monoisotopic (exact) mass is 280 g/mol. The van der Waals surface area contributed by atoms with Gasteiger partial charge in [0.1, 0.15) is 5.84 Å². The van der Waals surface area contributed by atoms with Crippen LogP contribution in [0.25, 0.3) is 0 Å². The van der Waals surface area contributed by atoms with Gasteiger partial charge in [0.15, 0.2) is 0 Å². The molecule has 0 atom stereocenters. The van der Waals surface area contributed by atoms with E-state index in [1.54, 1.807) is 32.3 Å². The van der Waals surface area contributed by atoms with E-state index in [0.29, 0.717) is 13.1 Å². The van der Waals surface area contributed by atoms with Crippen molar-refractivity contribution in [2.24, 2.45) is 10.9 Å². The average Bonchev–Trinajstić information content (AvgIpc) is 2.43. The summed E-state index contributed by atoms with van der Waals surface area (Å²) in [5.41, 5.74) is 6.31. The van der Waals surface area contributed by atoms with Crippen molar-refractivity contribution in [1.29, 1.82) is 0 Å². The molecule has 0 saturated heterocycles. The third kappa shape index (κ3) is 5.55. The predicted molar refractivity (Wildman–Crippen MR) is 74.3 cm³/mol. The maximum atomic E-state index is 12.0. The molecule has 0 radical (unpaired) electrons. The fraction of sp³-hybridized carbons (Fsp3) is 0.462. The Morgan fingerprint density at radius 2 is 2.35 bits per heavy atom. The van der Waals surface area contributed by atoms with E-state index in [1.807, 2.05) is 6.07 Å². The normalized spacial score (nSPS) is 11.4. The number of nitrogens with two attached hydrogens (primary N) is 1. The minimum Gasteiger partial charge on any atom is -0.447 e. The van der Waals surface area contributed by atoms with Crippen molar-refractivity contribution >= 4 is 11.9 Å². The molecule has 7 heteroatoms. The summed E-state index contributed by atoms with van der Waals surface area (Å²) in [4.78, 5) is 17.5. The molecular weight excluding hydrogens is 260 g/mol. The van der Waals surface area contributed by atoms with E-state index in [-0.39, 0.29) is 18.4 Å². The molecule has 1 amide bonds. The number of rotatable bonds is 6. The number of aromatic nitrogens is 1. The van der Waals surface area contributed by atoms with Gasteiger partial charge in [0.05, 0.1) is 12.6 Å². The van der Waals surface area contributed by atoms with Crippen molar-refractivity contribution in [3.8, 4) is 0 Å². The van der Waals surface area contributed by atoms with Gasteiger partial charge in [-0.1, -0.05) is 11.2 Å². The molecule has 0 fully saturated rings. The highest BCUT2D eigenvalue weighted by Crippen LogP contribution is 2.07. The van der Waals surface area contributed by atoms with Crippen LogP contribution in [-0.2, 0) is 11.3 Å². The van der Waals surface area contributed by atoms with Crippen molar-refractivity contribution in [3.63, 3.8) is 0 Å². The Labute approximate surface area is 118 Å². The van der Waals surface area contributed by atoms with Gasteiger partial charge >= 0.3 is 6.09 Å². The highest BCUT2D eigenvalue weighted by Gasteiger charge is 2.17. The number of pyridine rings is 1.